The third kappa shape index (κ3) is 4.12. The van der Waals surface area contributed by atoms with Crippen molar-refractivity contribution in [2.24, 2.45) is 5.73 Å². The van der Waals surface area contributed by atoms with Crippen LogP contribution >= 0.6 is 0 Å². The topological polar surface area (TPSA) is 111 Å². The summed E-state index contributed by atoms with van der Waals surface area (Å²) in [6.07, 6.45) is -0.522. The van der Waals surface area contributed by atoms with Crippen molar-refractivity contribution in [2.75, 3.05) is 20.3 Å². The van der Waals surface area contributed by atoms with Crippen LogP contribution in [0.4, 0.5) is 4.79 Å². The van der Waals surface area contributed by atoms with Crippen molar-refractivity contribution >= 4 is 17.9 Å². The summed E-state index contributed by atoms with van der Waals surface area (Å²) in [5.41, 5.74) is 5.79. The smallest absolute Gasteiger partial charge is 0.410 e. The predicted molar refractivity (Wildman–Crippen MR) is 80.5 cm³/mol. The fourth-order valence-corrected chi connectivity index (χ4v) is 2.29. The molecule has 0 saturated carbocycles. The minimum absolute atomic E-state index is 0.0314. The molecule has 1 fully saturated rings. The quantitative estimate of drug-likeness (QED) is 0.735. The highest BCUT2D eigenvalue weighted by molar-refractivity contribution is 5.88. The van der Waals surface area contributed by atoms with E-state index in [2.05, 4.69) is 5.32 Å². The minimum Gasteiger partial charge on any atom is -0.496 e. The first-order valence-electron chi connectivity index (χ1n) is 7.14. The standard InChI is InChI=1S/C15H19N3O5/c1-22-12-5-3-2-4-10(12)8-18-11(9-23-15(18)21)14(20)17-7-6-13(16)19/h2-5,11H,6-9H2,1H3,(H2,16,19)(H,17,20)/t11-/m0/s1. The zero-order chi connectivity index (χ0) is 16.8. The summed E-state index contributed by atoms with van der Waals surface area (Å²) in [7, 11) is 1.54. The number of benzene rings is 1. The number of nitrogens with two attached hydrogens (primary N) is 1. The number of rotatable bonds is 7. The van der Waals surface area contributed by atoms with Gasteiger partial charge in [-0.3, -0.25) is 14.5 Å². The van der Waals surface area contributed by atoms with Gasteiger partial charge < -0.3 is 20.5 Å². The molecule has 1 aromatic rings. The highest BCUT2D eigenvalue weighted by Gasteiger charge is 2.38. The number of carbonyl (C=O) groups excluding carboxylic acids is 3. The molecule has 23 heavy (non-hydrogen) atoms. The Bertz CT molecular complexity index is 605. The number of para-hydroxylation sites is 1. The normalized spacial score (nSPS) is 16.8. The van der Waals surface area contributed by atoms with Gasteiger partial charge in [-0.2, -0.15) is 0 Å². The molecule has 1 heterocycles. The Morgan fingerprint density at radius 2 is 2.17 bits per heavy atom. The largest absolute Gasteiger partial charge is 0.496 e. The second-order valence-electron chi connectivity index (χ2n) is 5.04. The Kier molecular flexibility index (Phi) is 5.40. The Morgan fingerprint density at radius 3 is 2.87 bits per heavy atom. The Labute approximate surface area is 133 Å². The maximum absolute atomic E-state index is 12.2. The average Bonchev–Trinajstić information content (AvgIpc) is 2.88. The van der Waals surface area contributed by atoms with Gasteiger partial charge in [0.1, 0.15) is 18.4 Å². The SMILES string of the molecule is COc1ccccc1CN1C(=O)OC[C@H]1C(=O)NCCC(N)=O. The minimum atomic E-state index is -0.750. The highest BCUT2D eigenvalue weighted by atomic mass is 16.6. The number of methoxy groups -OCH3 is 1. The van der Waals surface area contributed by atoms with E-state index >= 15 is 0 Å². The molecule has 1 atom stereocenters. The van der Waals surface area contributed by atoms with Crippen LogP contribution in [-0.4, -0.2) is 49.1 Å². The third-order valence-corrected chi connectivity index (χ3v) is 3.48. The summed E-state index contributed by atoms with van der Waals surface area (Å²) >= 11 is 0. The van der Waals surface area contributed by atoms with E-state index < -0.39 is 18.0 Å². The predicted octanol–water partition coefficient (Wildman–Crippen LogP) is 0.00760. The Balaban J connectivity index is 2.04. The lowest BCUT2D eigenvalue weighted by atomic mass is 10.1. The van der Waals surface area contributed by atoms with Crippen LogP contribution in [-0.2, 0) is 20.9 Å². The van der Waals surface area contributed by atoms with Gasteiger partial charge in [0.2, 0.25) is 11.8 Å². The zero-order valence-electron chi connectivity index (χ0n) is 12.8. The molecule has 8 nitrogen and oxygen atoms in total. The van der Waals surface area contributed by atoms with Crippen molar-refractivity contribution in [3.05, 3.63) is 29.8 Å². The molecule has 124 valence electrons. The van der Waals surface area contributed by atoms with E-state index in [-0.39, 0.29) is 32.0 Å². The van der Waals surface area contributed by atoms with E-state index in [1.165, 1.54) is 12.0 Å². The lowest BCUT2D eigenvalue weighted by Crippen LogP contribution is -2.46. The van der Waals surface area contributed by atoms with E-state index in [1.54, 1.807) is 6.07 Å². The van der Waals surface area contributed by atoms with Gasteiger partial charge in [0.05, 0.1) is 13.7 Å². The number of amides is 3. The number of primary amides is 1. The second kappa shape index (κ2) is 7.48. The average molecular weight is 321 g/mol. The van der Waals surface area contributed by atoms with Crippen molar-refractivity contribution in [3.63, 3.8) is 0 Å². The molecular formula is C15H19N3O5. The third-order valence-electron chi connectivity index (χ3n) is 3.48. The first-order valence-corrected chi connectivity index (χ1v) is 7.14. The summed E-state index contributed by atoms with van der Waals surface area (Å²) in [6.45, 7) is 0.286. The maximum Gasteiger partial charge on any atom is 0.410 e. The number of nitrogens with zero attached hydrogens (tertiary/aromatic N) is 1. The van der Waals surface area contributed by atoms with Crippen molar-refractivity contribution in [3.8, 4) is 5.75 Å². The van der Waals surface area contributed by atoms with E-state index in [0.717, 1.165) is 5.56 Å². The van der Waals surface area contributed by atoms with E-state index in [1.807, 2.05) is 18.2 Å². The fraction of sp³-hybridized carbons (Fsp3) is 0.400. The van der Waals surface area contributed by atoms with E-state index in [4.69, 9.17) is 15.2 Å². The van der Waals surface area contributed by atoms with Crippen LogP contribution in [0.25, 0.3) is 0 Å². The molecule has 2 rings (SSSR count). The molecule has 1 aliphatic rings. The van der Waals surface area contributed by atoms with Gasteiger partial charge in [-0.1, -0.05) is 18.2 Å². The molecule has 1 aliphatic heterocycles. The summed E-state index contributed by atoms with van der Waals surface area (Å²) in [4.78, 5) is 36.1. The van der Waals surface area contributed by atoms with Gasteiger partial charge in [-0.15, -0.1) is 0 Å². The molecule has 0 bridgehead atoms. The van der Waals surface area contributed by atoms with Crippen molar-refractivity contribution < 1.29 is 23.9 Å². The van der Waals surface area contributed by atoms with Gasteiger partial charge >= 0.3 is 6.09 Å². The number of hydrogen-bond donors (Lipinski definition) is 2. The molecule has 1 aromatic carbocycles. The van der Waals surface area contributed by atoms with Gasteiger partial charge in [0, 0.05) is 18.5 Å². The van der Waals surface area contributed by atoms with E-state index in [9.17, 15) is 14.4 Å². The second-order valence-corrected chi connectivity index (χ2v) is 5.04. The van der Waals surface area contributed by atoms with Crippen LogP contribution in [0.5, 0.6) is 5.75 Å². The summed E-state index contributed by atoms with van der Waals surface area (Å²) < 4.78 is 10.2. The number of ether oxygens (including phenoxy) is 2. The van der Waals surface area contributed by atoms with Crippen LogP contribution in [0.3, 0.4) is 0 Å². The maximum atomic E-state index is 12.2. The fourth-order valence-electron chi connectivity index (χ4n) is 2.29. The molecular weight excluding hydrogens is 302 g/mol. The Morgan fingerprint density at radius 1 is 1.43 bits per heavy atom. The number of carbonyl (C=O) groups is 3. The summed E-state index contributed by atoms with van der Waals surface area (Å²) in [5.74, 6) is -0.262. The monoisotopic (exact) mass is 321 g/mol. The number of hydrogen-bond acceptors (Lipinski definition) is 5. The van der Waals surface area contributed by atoms with Crippen LogP contribution < -0.4 is 15.8 Å². The molecule has 0 unspecified atom stereocenters. The summed E-state index contributed by atoms with van der Waals surface area (Å²) in [6, 6.07) is 6.48. The lowest BCUT2D eigenvalue weighted by Gasteiger charge is -2.21. The van der Waals surface area contributed by atoms with Crippen LogP contribution in [0, 0.1) is 0 Å². The molecule has 3 amide bonds. The van der Waals surface area contributed by atoms with Crippen LogP contribution in [0.2, 0.25) is 0 Å². The van der Waals surface area contributed by atoms with Gasteiger partial charge in [-0.25, -0.2) is 4.79 Å². The highest BCUT2D eigenvalue weighted by Crippen LogP contribution is 2.23. The first kappa shape index (κ1) is 16.6. The van der Waals surface area contributed by atoms with Crippen LogP contribution in [0.15, 0.2) is 24.3 Å². The molecule has 1 saturated heterocycles. The van der Waals surface area contributed by atoms with Gasteiger partial charge in [0.15, 0.2) is 0 Å². The molecule has 0 aromatic heterocycles. The number of cyclic esters (lactones) is 1. The zero-order valence-corrected chi connectivity index (χ0v) is 12.8. The molecule has 0 aliphatic carbocycles. The number of nitrogens with one attached hydrogen (secondary N) is 1. The first-order chi connectivity index (χ1) is 11.0. The summed E-state index contributed by atoms with van der Waals surface area (Å²) in [5, 5.41) is 2.58. The molecule has 8 heteroatoms. The van der Waals surface area contributed by atoms with Crippen molar-refractivity contribution in [1.29, 1.82) is 0 Å². The lowest BCUT2D eigenvalue weighted by molar-refractivity contribution is -0.125. The Hall–Kier alpha value is -2.77. The van der Waals surface area contributed by atoms with Gasteiger partial charge in [0.25, 0.3) is 0 Å². The van der Waals surface area contributed by atoms with E-state index in [0.29, 0.717) is 5.75 Å². The van der Waals surface area contributed by atoms with Gasteiger partial charge in [-0.05, 0) is 6.07 Å². The van der Waals surface area contributed by atoms with Crippen molar-refractivity contribution in [2.45, 2.75) is 19.0 Å². The molecule has 3 N–H and O–H groups in total. The van der Waals surface area contributed by atoms with Crippen molar-refractivity contribution in [1.82, 2.24) is 10.2 Å². The van der Waals surface area contributed by atoms with Crippen LogP contribution in [0.1, 0.15) is 12.0 Å². The molecule has 0 spiro atoms. The molecule has 0 radical (unpaired) electrons.